The van der Waals surface area contributed by atoms with Crippen LogP contribution < -0.4 is 20.1 Å². The molecule has 41 heavy (non-hydrogen) atoms. The van der Waals surface area contributed by atoms with Crippen LogP contribution in [0.4, 0.5) is 5.69 Å². The van der Waals surface area contributed by atoms with E-state index >= 15 is 0 Å². The Morgan fingerprint density at radius 2 is 1.66 bits per heavy atom. The van der Waals surface area contributed by atoms with Crippen LogP contribution in [-0.4, -0.2) is 57.8 Å². The van der Waals surface area contributed by atoms with Gasteiger partial charge in [0.1, 0.15) is 12.6 Å². The molecule has 0 radical (unpaired) electrons. The van der Waals surface area contributed by atoms with E-state index in [9.17, 15) is 13.2 Å². The molecule has 2 unspecified atom stereocenters. The van der Waals surface area contributed by atoms with Crippen LogP contribution in [0.25, 0.3) is 0 Å². The summed E-state index contributed by atoms with van der Waals surface area (Å²) < 4.78 is 32.5. The first-order valence-electron chi connectivity index (χ1n) is 13.3. The van der Waals surface area contributed by atoms with E-state index in [0.717, 1.165) is 42.6 Å². The van der Waals surface area contributed by atoms with Crippen LogP contribution in [-0.2, 0) is 38.1 Å². The Labute approximate surface area is 254 Å². The molecule has 0 bridgehead atoms. The Hall–Kier alpha value is -2.57. The molecular weight excluding hydrogens is 585 g/mol. The Kier molecular flexibility index (Phi) is 11.3. The summed E-state index contributed by atoms with van der Waals surface area (Å²) in [5, 5.41) is 6.67. The average Bonchev–Trinajstić information content (AvgIpc) is 3.22. The van der Waals surface area contributed by atoms with Crippen molar-refractivity contribution < 1.29 is 17.9 Å². The van der Waals surface area contributed by atoms with Gasteiger partial charge in [0.15, 0.2) is 5.69 Å². The van der Waals surface area contributed by atoms with Gasteiger partial charge in [0.05, 0.1) is 24.9 Å². The van der Waals surface area contributed by atoms with Crippen LogP contribution >= 0.6 is 24.8 Å². The molecule has 12 heteroatoms. The van der Waals surface area contributed by atoms with Gasteiger partial charge in [-0.2, -0.15) is 13.8 Å². The van der Waals surface area contributed by atoms with E-state index < -0.39 is 26.0 Å². The number of nitrogens with zero attached hydrogens (tertiary/aromatic N) is 2. The van der Waals surface area contributed by atoms with Crippen LogP contribution in [0.3, 0.4) is 0 Å². The lowest BCUT2D eigenvalue weighted by Gasteiger charge is -2.36. The number of quaternary nitrogens is 1. The number of hydrogen-bond donors (Lipinski definition) is 3. The predicted octanol–water partition coefficient (Wildman–Crippen LogP) is 3.23. The van der Waals surface area contributed by atoms with Gasteiger partial charge in [-0.3, -0.25) is 15.1 Å². The number of nitrogens with one attached hydrogen (secondary N) is 3. The number of rotatable bonds is 10. The summed E-state index contributed by atoms with van der Waals surface area (Å²) in [5.41, 5.74) is 6.22. The molecule has 1 fully saturated rings. The van der Waals surface area contributed by atoms with Crippen molar-refractivity contribution in [2.75, 3.05) is 32.5 Å². The van der Waals surface area contributed by atoms with E-state index in [1.54, 1.807) is 12.4 Å². The minimum absolute atomic E-state index is 0. The Morgan fingerprint density at radius 3 is 2.34 bits per heavy atom. The van der Waals surface area contributed by atoms with Crippen molar-refractivity contribution in [1.82, 2.24) is 25.0 Å². The lowest BCUT2D eigenvalue weighted by molar-refractivity contribution is -0.127. The summed E-state index contributed by atoms with van der Waals surface area (Å²) >= 11 is 0. The molecule has 3 heterocycles. The molecule has 3 aromatic rings. The third kappa shape index (κ3) is 7.09. The molecule has 222 valence electrons. The van der Waals surface area contributed by atoms with E-state index in [4.69, 9.17) is 4.74 Å². The SMILES string of the molecule is CS(=O)(=O)[N+]1(NC(=O)C(COCc2ccccc2)NCc2ccncc2)CC2(CCNCC2)c2ccccc21.Cl.Cl. The number of ether oxygens (including phenoxy) is 1. The number of hydrogen-bond acceptors (Lipinski definition) is 7. The summed E-state index contributed by atoms with van der Waals surface area (Å²) in [6.07, 6.45) is 6.21. The maximum atomic E-state index is 13.9. The van der Waals surface area contributed by atoms with Gasteiger partial charge in [-0.15, -0.1) is 24.8 Å². The molecule has 1 spiro atoms. The van der Waals surface area contributed by atoms with E-state index in [1.165, 1.54) is 6.26 Å². The quantitative estimate of drug-likeness (QED) is 0.298. The number of carbonyl (C=O) groups is 1. The van der Waals surface area contributed by atoms with Crippen molar-refractivity contribution >= 4 is 46.4 Å². The van der Waals surface area contributed by atoms with Crippen LogP contribution in [0.5, 0.6) is 0 Å². The fraction of sp³-hybridized carbons (Fsp3) is 0.379. The minimum atomic E-state index is -3.80. The lowest BCUT2D eigenvalue weighted by Crippen LogP contribution is -2.68. The number of halogens is 2. The fourth-order valence-electron chi connectivity index (χ4n) is 5.74. The normalized spacial score (nSPS) is 19.8. The first-order valence-corrected chi connectivity index (χ1v) is 15.1. The van der Waals surface area contributed by atoms with Gasteiger partial charge < -0.3 is 10.1 Å². The van der Waals surface area contributed by atoms with Gasteiger partial charge >= 0.3 is 10.0 Å². The molecule has 0 saturated carbocycles. The highest BCUT2D eigenvalue weighted by molar-refractivity contribution is 7.90. The highest BCUT2D eigenvalue weighted by atomic mass is 35.5. The first kappa shape index (κ1) is 32.9. The van der Waals surface area contributed by atoms with Crippen LogP contribution in [0.15, 0.2) is 79.1 Å². The lowest BCUT2D eigenvalue weighted by atomic mass is 9.75. The van der Waals surface area contributed by atoms with E-state index in [-0.39, 0.29) is 43.4 Å². The van der Waals surface area contributed by atoms with Gasteiger partial charge in [0.25, 0.3) is 5.91 Å². The Balaban J connectivity index is 0.00000231. The smallest absolute Gasteiger partial charge is 0.321 e. The number of carbonyl (C=O) groups excluding carboxylic acids is 1. The molecule has 1 amide bonds. The van der Waals surface area contributed by atoms with Gasteiger partial charge in [0, 0.05) is 30.6 Å². The molecular formula is C29H38Cl2N5O4S+. The monoisotopic (exact) mass is 622 g/mol. The largest absolute Gasteiger partial charge is 0.375 e. The number of aromatic nitrogens is 1. The number of benzene rings is 2. The van der Waals surface area contributed by atoms with Crippen molar-refractivity contribution in [3.05, 3.63) is 95.8 Å². The molecule has 5 rings (SSSR count). The molecule has 2 atom stereocenters. The Morgan fingerprint density at radius 1 is 1.00 bits per heavy atom. The molecule has 1 aromatic heterocycles. The number of piperidine rings is 1. The third-order valence-electron chi connectivity index (χ3n) is 7.82. The van der Waals surface area contributed by atoms with E-state index in [1.807, 2.05) is 66.7 Å². The molecule has 0 aliphatic carbocycles. The van der Waals surface area contributed by atoms with Crippen molar-refractivity contribution in [2.45, 2.75) is 37.5 Å². The number of sulfonamides is 1. The van der Waals surface area contributed by atoms with Gasteiger partial charge in [-0.1, -0.05) is 52.5 Å². The topological polar surface area (TPSA) is 109 Å². The summed E-state index contributed by atoms with van der Waals surface area (Å²) in [6.45, 7) is 2.69. The van der Waals surface area contributed by atoms with E-state index in [0.29, 0.717) is 18.8 Å². The molecule has 2 aliphatic rings. The van der Waals surface area contributed by atoms with Crippen molar-refractivity contribution in [3.63, 3.8) is 0 Å². The van der Waals surface area contributed by atoms with Crippen molar-refractivity contribution in [2.24, 2.45) is 0 Å². The van der Waals surface area contributed by atoms with E-state index in [2.05, 4.69) is 21.0 Å². The summed E-state index contributed by atoms with van der Waals surface area (Å²) in [7, 11) is -3.80. The zero-order chi connectivity index (χ0) is 27.3. The standard InChI is InChI=1S/C29H35N5O4S.2ClH/c1-39(36,37)34(22-29(13-17-31-18-14-29)25-9-5-6-10-27(25)34)33-28(35)26(32-19-23-11-15-30-16-12-23)21-38-20-24-7-3-2-4-8-24;;/h2-12,15-16,26,31-32H,13-14,17-22H2,1H3;2*1H/p+1. The second kappa shape index (κ2) is 14.1. The second-order valence-electron chi connectivity index (χ2n) is 10.4. The van der Waals surface area contributed by atoms with Gasteiger partial charge in [-0.25, -0.2) is 0 Å². The molecule has 3 N–H and O–H groups in total. The zero-order valence-corrected chi connectivity index (χ0v) is 25.4. The van der Waals surface area contributed by atoms with Gasteiger partial charge in [-0.05, 0) is 49.2 Å². The van der Waals surface area contributed by atoms with Crippen LogP contribution in [0.2, 0.25) is 0 Å². The fourth-order valence-corrected chi connectivity index (χ4v) is 6.99. The number of amides is 1. The molecule has 2 aromatic carbocycles. The minimum Gasteiger partial charge on any atom is -0.375 e. The van der Waals surface area contributed by atoms with Crippen LogP contribution in [0, 0.1) is 0 Å². The van der Waals surface area contributed by atoms with Crippen molar-refractivity contribution in [1.29, 1.82) is 0 Å². The first-order chi connectivity index (χ1) is 18.8. The highest BCUT2D eigenvalue weighted by Crippen LogP contribution is 2.50. The molecule has 2 aliphatic heterocycles. The number of para-hydroxylation sites is 1. The highest BCUT2D eigenvalue weighted by Gasteiger charge is 2.60. The van der Waals surface area contributed by atoms with Crippen molar-refractivity contribution in [3.8, 4) is 0 Å². The number of fused-ring (bicyclic) bond motifs is 2. The summed E-state index contributed by atoms with van der Waals surface area (Å²) in [4.78, 5) is 18.0. The zero-order valence-electron chi connectivity index (χ0n) is 23.0. The van der Waals surface area contributed by atoms with Crippen LogP contribution in [0.1, 0.15) is 29.5 Å². The predicted molar refractivity (Wildman–Crippen MR) is 165 cm³/mol. The third-order valence-corrected chi connectivity index (χ3v) is 9.37. The average molecular weight is 624 g/mol. The molecule has 1 saturated heterocycles. The molecule has 9 nitrogen and oxygen atoms in total. The maximum absolute atomic E-state index is 13.9. The second-order valence-corrected chi connectivity index (χ2v) is 12.5. The Bertz CT molecular complexity index is 1390. The summed E-state index contributed by atoms with van der Waals surface area (Å²) in [6, 6.07) is 20.3. The summed E-state index contributed by atoms with van der Waals surface area (Å²) in [5.74, 6) is -0.427. The number of pyridine rings is 1. The van der Waals surface area contributed by atoms with Gasteiger partial charge in [0.2, 0.25) is 0 Å². The maximum Gasteiger partial charge on any atom is 0.321 e.